The van der Waals surface area contributed by atoms with Crippen LogP contribution in [0.15, 0.2) is 58.6 Å². The van der Waals surface area contributed by atoms with Crippen molar-refractivity contribution in [3.8, 4) is 12.1 Å². The Morgan fingerprint density at radius 1 is 1.09 bits per heavy atom. The number of anilines is 1. The lowest BCUT2D eigenvalue weighted by Crippen LogP contribution is -2.26. The van der Waals surface area contributed by atoms with Gasteiger partial charge in [0.15, 0.2) is 0 Å². The van der Waals surface area contributed by atoms with Crippen LogP contribution in [0.5, 0.6) is 0 Å². The third-order valence-corrected chi connectivity index (χ3v) is 4.13. The van der Waals surface area contributed by atoms with E-state index in [0.717, 1.165) is 10.0 Å². The van der Waals surface area contributed by atoms with Gasteiger partial charge in [-0.2, -0.15) is 10.5 Å². The lowest BCUT2D eigenvalue weighted by Gasteiger charge is -2.17. The number of hydrogen-bond donors (Lipinski definition) is 0. The molecule has 0 bridgehead atoms. The van der Waals surface area contributed by atoms with E-state index in [-0.39, 0.29) is 17.1 Å². The van der Waals surface area contributed by atoms with E-state index in [4.69, 9.17) is 10.5 Å². The SMILES string of the molecule is N#CC(C#N)=C1C(=O)N(Cc2ccccc2)c2cc(Br)ccc21. The van der Waals surface area contributed by atoms with Crippen molar-refractivity contribution in [3.63, 3.8) is 0 Å². The van der Waals surface area contributed by atoms with Crippen LogP contribution in [0.25, 0.3) is 5.57 Å². The second-order valence-corrected chi connectivity index (χ2v) is 5.93. The first kappa shape index (κ1) is 15.0. The van der Waals surface area contributed by atoms with Crippen LogP contribution in [-0.2, 0) is 11.3 Å². The highest BCUT2D eigenvalue weighted by Crippen LogP contribution is 2.40. The zero-order chi connectivity index (χ0) is 16.4. The summed E-state index contributed by atoms with van der Waals surface area (Å²) in [6, 6.07) is 18.6. The Bertz CT molecular complexity index is 888. The van der Waals surface area contributed by atoms with Gasteiger partial charge in [0.1, 0.15) is 17.7 Å². The summed E-state index contributed by atoms with van der Waals surface area (Å²) < 4.78 is 0.832. The number of amides is 1. The molecule has 2 aromatic rings. The molecule has 0 aromatic heterocycles. The van der Waals surface area contributed by atoms with Crippen LogP contribution >= 0.6 is 15.9 Å². The lowest BCUT2D eigenvalue weighted by atomic mass is 10.0. The Balaban J connectivity index is 2.15. The molecule has 110 valence electrons. The molecule has 5 heteroatoms. The first-order valence-electron chi connectivity index (χ1n) is 6.86. The maximum Gasteiger partial charge on any atom is 0.261 e. The minimum absolute atomic E-state index is 0.158. The summed E-state index contributed by atoms with van der Waals surface area (Å²) in [4.78, 5) is 14.4. The number of hydrogen-bond acceptors (Lipinski definition) is 3. The van der Waals surface area contributed by atoms with Gasteiger partial charge in [-0.25, -0.2) is 0 Å². The summed E-state index contributed by atoms with van der Waals surface area (Å²) in [6.45, 7) is 0.386. The van der Waals surface area contributed by atoms with Gasteiger partial charge in [0.25, 0.3) is 5.91 Å². The van der Waals surface area contributed by atoms with Crippen LogP contribution in [0.2, 0.25) is 0 Å². The maximum atomic E-state index is 12.8. The van der Waals surface area contributed by atoms with Crippen LogP contribution in [0, 0.1) is 22.7 Å². The topological polar surface area (TPSA) is 67.9 Å². The van der Waals surface area contributed by atoms with Crippen molar-refractivity contribution < 1.29 is 4.79 Å². The van der Waals surface area contributed by atoms with Crippen molar-refractivity contribution >= 4 is 33.1 Å². The van der Waals surface area contributed by atoms with Gasteiger partial charge in [-0.05, 0) is 17.7 Å². The molecule has 1 aliphatic rings. The molecule has 0 saturated heterocycles. The smallest absolute Gasteiger partial charge is 0.261 e. The molecule has 1 aliphatic heterocycles. The van der Waals surface area contributed by atoms with E-state index >= 15 is 0 Å². The van der Waals surface area contributed by atoms with Crippen molar-refractivity contribution in [1.29, 1.82) is 10.5 Å². The van der Waals surface area contributed by atoms with Crippen LogP contribution in [0.4, 0.5) is 5.69 Å². The van der Waals surface area contributed by atoms with Crippen molar-refractivity contribution in [1.82, 2.24) is 0 Å². The Hall–Kier alpha value is -2.89. The number of benzene rings is 2. The maximum absolute atomic E-state index is 12.8. The van der Waals surface area contributed by atoms with Gasteiger partial charge in [-0.15, -0.1) is 0 Å². The number of nitrogens with zero attached hydrogens (tertiary/aromatic N) is 3. The minimum Gasteiger partial charge on any atom is -0.303 e. The van der Waals surface area contributed by atoms with Crippen molar-refractivity contribution in [2.75, 3.05) is 4.90 Å². The van der Waals surface area contributed by atoms with Gasteiger partial charge in [-0.1, -0.05) is 52.3 Å². The van der Waals surface area contributed by atoms with E-state index < -0.39 is 0 Å². The molecule has 0 spiro atoms. The Kier molecular flexibility index (Phi) is 3.97. The first-order valence-corrected chi connectivity index (χ1v) is 7.65. The number of fused-ring (bicyclic) bond motifs is 1. The molecule has 0 N–H and O–H groups in total. The number of halogens is 1. The van der Waals surface area contributed by atoms with Crippen molar-refractivity contribution in [2.45, 2.75) is 6.54 Å². The molecular formula is C18H10BrN3O. The predicted molar refractivity (Wildman–Crippen MR) is 89.9 cm³/mol. The number of nitriles is 2. The van der Waals surface area contributed by atoms with Crippen molar-refractivity contribution in [3.05, 3.63) is 69.7 Å². The van der Waals surface area contributed by atoms with Crippen LogP contribution < -0.4 is 4.90 Å². The van der Waals surface area contributed by atoms with E-state index in [1.165, 1.54) is 0 Å². The highest BCUT2D eigenvalue weighted by atomic mass is 79.9. The molecule has 2 aromatic carbocycles. The largest absolute Gasteiger partial charge is 0.303 e. The normalized spacial score (nSPS) is 12.6. The van der Waals surface area contributed by atoms with Crippen LogP contribution in [0.1, 0.15) is 11.1 Å². The van der Waals surface area contributed by atoms with Gasteiger partial charge in [0.2, 0.25) is 0 Å². The Morgan fingerprint density at radius 2 is 1.78 bits per heavy atom. The third kappa shape index (κ3) is 2.63. The molecule has 23 heavy (non-hydrogen) atoms. The van der Waals surface area contributed by atoms with Gasteiger partial charge < -0.3 is 4.90 Å². The van der Waals surface area contributed by atoms with E-state index in [2.05, 4.69) is 15.9 Å². The summed E-state index contributed by atoms with van der Waals surface area (Å²) in [5.41, 5.74) is 2.31. The third-order valence-electron chi connectivity index (χ3n) is 3.64. The molecule has 0 aliphatic carbocycles. The highest BCUT2D eigenvalue weighted by Gasteiger charge is 2.35. The zero-order valence-corrected chi connectivity index (χ0v) is 13.5. The van der Waals surface area contributed by atoms with E-state index in [0.29, 0.717) is 17.8 Å². The quantitative estimate of drug-likeness (QED) is 0.601. The fourth-order valence-corrected chi connectivity index (χ4v) is 2.95. The van der Waals surface area contributed by atoms with E-state index in [1.807, 2.05) is 48.5 Å². The molecule has 1 amide bonds. The summed E-state index contributed by atoms with van der Waals surface area (Å²) in [5, 5.41) is 18.3. The second kappa shape index (κ2) is 6.08. The second-order valence-electron chi connectivity index (χ2n) is 5.01. The van der Waals surface area contributed by atoms with Crippen LogP contribution in [-0.4, -0.2) is 5.91 Å². The lowest BCUT2D eigenvalue weighted by molar-refractivity contribution is -0.113. The highest BCUT2D eigenvalue weighted by molar-refractivity contribution is 9.10. The van der Waals surface area contributed by atoms with Gasteiger partial charge in [-0.3, -0.25) is 4.79 Å². The first-order chi connectivity index (χ1) is 11.2. The number of rotatable bonds is 2. The minimum atomic E-state index is -0.319. The van der Waals surface area contributed by atoms with Gasteiger partial charge in [0, 0.05) is 10.0 Å². The Morgan fingerprint density at radius 3 is 2.43 bits per heavy atom. The predicted octanol–water partition coefficient (Wildman–Crippen LogP) is 3.80. The summed E-state index contributed by atoms with van der Waals surface area (Å²) in [5.74, 6) is -0.319. The van der Waals surface area contributed by atoms with Gasteiger partial charge in [0.05, 0.1) is 17.8 Å². The molecule has 0 fully saturated rings. The van der Waals surface area contributed by atoms with Crippen molar-refractivity contribution in [2.24, 2.45) is 0 Å². The fraction of sp³-hybridized carbons (Fsp3) is 0.0556. The molecule has 1 heterocycles. The Labute approximate surface area is 142 Å². The molecule has 0 radical (unpaired) electrons. The molecule has 0 saturated carbocycles. The summed E-state index contributed by atoms with van der Waals surface area (Å²) in [6.07, 6.45) is 0. The monoisotopic (exact) mass is 363 g/mol. The van der Waals surface area contributed by atoms with E-state index in [9.17, 15) is 4.79 Å². The number of carbonyl (C=O) groups is 1. The standard InChI is InChI=1S/C18H10BrN3O/c19-14-6-7-15-16(8-14)22(11-12-4-2-1-3-5-12)18(23)17(15)13(9-20)10-21/h1-8H,11H2. The summed E-state index contributed by atoms with van der Waals surface area (Å²) >= 11 is 3.40. The van der Waals surface area contributed by atoms with E-state index in [1.54, 1.807) is 17.0 Å². The molecular weight excluding hydrogens is 354 g/mol. The molecule has 0 atom stereocenters. The average molecular weight is 364 g/mol. The molecule has 0 unspecified atom stereocenters. The fourth-order valence-electron chi connectivity index (χ4n) is 2.60. The average Bonchev–Trinajstić information content (AvgIpc) is 2.83. The molecule has 3 rings (SSSR count). The summed E-state index contributed by atoms with van der Waals surface area (Å²) in [7, 11) is 0. The molecule has 4 nitrogen and oxygen atoms in total. The number of carbonyl (C=O) groups excluding carboxylic acids is 1. The number of allylic oxidation sites excluding steroid dienone is 1. The van der Waals surface area contributed by atoms with Gasteiger partial charge >= 0.3 is 0 Å². The van der Waals surface area contributed by atoms with Crippen LogP contribution in [0.3, 0.4) is 0 Å². The zero-order valence-electron chi connectivity index (χ0n) is 12.0.